The highest BCUT2D eigenvalue weighted by atomic mass is 16.6. The maximum atomic E-state index is 12.1. The van der Waals surface area contributed by atoms with Crippen LogP contribution in [-0.4, -0.2) is 47.6 Å². The largest absolute Gasteiger partial charge is 0.462 e. The van der Waals surface area contributed by atoms with E-state index in [0.717, 1.165) is 70.1 Å². The van der Waals surface area contributed by atoms with Crippen molar-refractivity contribution in [2.75, 3.05) is 13.2 Å². The normalized spacial score (nSPS) is 13.5. The first-order valence-corrected chi connectivity index (χ1v) is 17.0. The number of carbonyl (C=O) groups is 2. The summed E-state index contributed by atoms with van der Waals surface area (Å²) in [7, 11) is 0. The van der Waals surface area contributed by atoms with Crippen molar-refractivity contribution >= 4 is 11.9 Å². The van der Waals surface area contributed by atoms with Gasteiger partial charge in [-0.15, -0.1) is 0 Å². The van der Waals surface area contributed by atoms with Crippen LogP contribution in [0.3, 0.4) is 0 Å². The molecule has 6 nitrogen and oxygen atoms in total. The van der Waals surface area contributed by atoms with Crippen LogP contribution in [0.2, 0.25) is 0 Å². The minimum absolute atomic E-state index is 0.0878. The number of aliphatic hydroxyl groups excluding tert-OH is 2. The van der Waals surface area contributed by atoms with E-state index < -0.39 is 12.2 Å². The van der Waals surface area contributed by atoms with Crippen LogP contribution < -0.4 is 0 Å². The number of hydrogen-bond acceptors (Lipinski definition) is 6. The third-order valence-electron chi connectivity index (χ3n) is 7.21. The number of hydrogen-bond donors (Lipinski definition) is 2. The van der Waals surface area contributed by atoms with Crippen LogP contribution in [0.4, 0.5) is 0 Å². The first-order valence-electron chi connectivity index (χ1n) is 17.0. The van der Waals surface area contributed by atoms with Gasteiger partial charge in [-0.25, -0.2) is 0 Å². The van der Waals surface area contributed by atoms with Crippen molar-refractivity contribution < 1.29 is 29.3 Å². The second-order valence-corrected chi connectivity index (χ2v) is 11.9. The molecule has 0 aromatic heterocycles. The highest BCUT2D eigenvalue weighted by Gasteiger charge is 2.16. The zero-order valence-electron chi connectivity index (χ0n) is 27.3. The van der Waals surface area contributed by atoms with Gasteiger partial charge in [0.15, 0.2) is 6.10 Å². The minimum Gasteiger partial charge on any atom is -0.462 e. The Morgan fingerprint density at radius 2 is 1.29 bits per heavy atom. The number of aliphatic hydroxyl groups is 2. The summed E-state index contributed by atoms with van der Waals surface area (Å²) < 4.78 is 10.5. The molecule has 244 valence electrons. The quantitative estimate of drug-likeness (QED) is 0.0390. The Morgan fingerprint density at radius 3 is 1.88 bits per heavy atom. The summed E-state index contributed by atoms with van der Waals surface area (Å²) >= 11 is 0. The number of rotatable bonds is 29. The molecular weight excluding hydrogens is 528 g/mol. The fourth-order valence-electron chi connectivity index (χ4n) is 4.60. The highest BCUT2D eigenvalue weighted by Crippen LogP contribution is 2.14. The van der Waals surface area contributed by atoms with E-state index in [1.165, 1.54) is 44.9 Å². The molecule has 42 heavy (non-hydrogen) atoms. The van der Waals surface area contributed by atoms with Crippen molar-refractivity contribution in [1.29, 1.82) is 0 Å². The molecule has 0 bridgehead atoms. The van der Waals surface area contributed by atoms with Crippen molar-refractivity contribution in [3.8, 4) is 0 Å². The maximum absolute atomic E-state index is 12.1. The lowest BCUT2D eigenvalue weighted by Crippen LogP contribution is -2.28. The SMILES string of the molecule is CC/C=C/CC(O)/C=C/C=C/CCCCCCCC(=O)O[C@@H](CO)COC(=O)CCCCCCCCCCCC(C)C. The van der Waals surface area contributed by atoms with E-state index in [9.17, 15) is 19.8 Å². The smallest absolute Gasteiger partial charge is 0.306 e. The molecule has 1 unspecified atom stereocenters. The Hall–Kier alpha value is -1.92. The second-order valence-electron chi connectivity index (χ2n) is 11.9. The Labute approximate surface area is 258 Å². The zero-order valence-corrected chi connectivity index (χ0v) is 27.3. The second kappa shape index (κ2) is 30.5. The van der Waals surface area contributed by atoms with Gasteiger partial charge in [-0.05, 0) is 44.4 Å². The standard InChI is InChI=1S/C36H64O6/c1-4-5-20-26-33(38)27-22-17-13-9-7-11-15-19-24-29-36(40)42-34(30-37)31-41-35(39)28-23-18-14-10-6-8-12-16-21-25-32(2)3/h5,13,17,20,22,27,32-34,37-38H,4,6-12,14-16,18-19,21,23-26,28-31H2,1-3H3/b17-13+,20-5+,27-22+/t33?,34-/m0/s1. The number of carbonyl (C=O) groups excluding carboxylic acids is 2. The van der Waals surface area contributed by atoms with E-state index in [1.54, 1.807) is 6.08 Å². The third-order valence-corrected chi connectivity index (χ3v) is 7.21. The monoisotopic (exact) mass is 592 g/mol. The van der Waals surface area contributed by atoms with Gasteiger partial charge in [0.05, 0.1) is 12.7 Å². The lowest BCUT2D eigenvalue weighted by Gasteiger charge is -2.15. The van der Waals surface area contributed by atoms with Crippen LogP contribution in [0.15, 0.2) is 36.5 Å². The van der Waals surface area contributed by atoms with Crippen LogP contribution in [0.5, 0.6) is 0 Å². The molecule has 0 saturated carbocycles. The van der Waals surface area contributed by atoms with Crippen LogP contribution >= 0.6 is 0 Å². The Morgan fingerprint density at radius 1 is 0.714 bits per heavy atom. The summed E-state index contributed by atoms with van der Waals surface area (Å²) in [5, 5.41) is 19.3. The van der Waals surface area contributed by atoms with Gasteiger partial charge in [-0.3, -0.25) is 9.59 Å². The van der Waals surface area contributed by atoms with Crippen molar-refractivity contribution in [3.05, 3.63) is 36.5 Å². The maximum Gasteiger partial charge on any atom is 0.306 e. The predicted octanol–water partition coefficient (Wildman–Crippen LogP) is 8.94. The fourth-order valence-corrected chi connectivity index (χ4v) is 4.60. The van der Waals surface area contributed by atoms with Gasteiger partial charge < -0.3 is 19.7 Å². The Bertz CT molecular complexity index is 712. The molecular formula is C36H64O6. The molecule has 2 N–H and O–H groups in total. The molecule has 2 atom stereocenters. The summed E-state index contributed by atoms with van der Waals surface area (Å²) in [4.78, 5) is 24.1. The van der Waals surface area contributed by atoms with Crippen molar-refractivity contribution in [2.45, 2.75) is 161 Å². The molecule has 0 amide bonds. The van der Waals surface area contributed by atoms with Gasteiger partial charge in [0.25, 0.3) is 0 Å². The van der Waals surface area contributed by atoms with Gasteiger partial charge >= 0.3 is 11.9 Å². The van der Waals surface area contributed by atoms with Crippen molar-refractivity contribution in [1.82, 2.24) is 0 Å². The van der Waals surface area contributed by atoms with Crippen LogP contribution in [-0.2, 0) is 19.1 Å². The first-order chi connectivity index (χ1) is 20.4. The topological polar surface area (TPSA) is 93.1 Å². The molecule has 0 spiro atoms. The molecule has 0 heterocycles. The van der Waals surface area contributed by atoms with Crippen LogP contribution in [0, 0.1) is 5.92 Å². The molecule has 0 radical (unpaired) electrons. The average molecular weight is 593 g/mol. The summed E-state index contributed by atoms with van der Waals surface area (Å²) in [6.07, 6.45) is 31.0. The number of allylic oxidation sites excluding steroid dienone is 4. The summed E-state index contributed by atoms with van der Waals surface area (Å²) in [6, 6.07) is 0. The Kier molecular flexibility index (Phi) is 29.1. The van der Waals surface area contributed by atoms with Crippen molar-refractivity contribution in [3.63, 3.8) is 0 Å². The number of esters is 2. The lowest BCUT2D eigenvalue weighted by molar-refractivity contribution is -0.161. The molecule has 0 aromatic carbocycles. The third kappa shape index (κ3) is 29.6. The Balaban J connectivity index is 3.68. The molecule has 0 saturated heterocycles. The van der Waals surface area contributed by atoms with E-state index in [1.807, 2.05) is 18.2 Å². The summed E-state index contributed by atoms with van der Waals surface area (Å²) in [5.41, 5.74) is 0. The van der Waals surface area contributed by atoms with E-state index in [0.29, 0.717) is 19.3 Å². The molecule has 0 fully saturated rings. The first kappa shape index (κ1) is 40.1. The van der Waals surface area contributed by atoms with E-state index in [4.69, 9.17) is 9.47 Å². The van der Waals surface area contributed by atoms with Gasteiger partial charge in [0, 0.05) is 12.8 Å². The molecule has 0 aliphatic carbocycles. The summed E-state index contributed by atoms with van der Waals surface area (Å²) in [5.74, 6) is 0.163. The predicted molar refractivity (Wildman–Crippen MR) is 174 cm³/mol. The lowest BCUT2D eigenvalue weighted by atomic mass is 10.0. The van der Waals surface area contributed by atoms with Crippen LogP contribution in [0.25, 0.3) is 0 Å². The molecule has 0 rings (SSSR count). The number of unbranched alkanes of at least 4 members (excludes halogenated alkanes) is 13. The highest BCUT2D eigenvalue weighted by molar-refractivity contribution is 5.70. The average Bonchev–Trinajstić information content (AvgIpc) is 2.96. The van der Waals surface area contributed by atoms with E-state index in [-0.39, 0.29) is 25.2 Å². The van der Waals surface area contributed by atoms with Gasteiger partial charge in [-0.2, -0.15) is 0 Å². The molecule has 0 aromatic rings. The van der Waals surface area contributed by atoms with E-state index in [2.05, 4.69) is 32.9 Å². The molecule has 6 heteroatoms. The van der Waals surface area contributed by atoms with Gasteiger partial charge in [0.2, 0.25) is 0 Å². The minimum atomic E-state index is -0.795. The zero-order chi connectivity index (χ0) is 31.1. The van der Waals surface area contributed by atoms with Crippen LogP contribution in [0.1, 0.15) is 149 Å². The van der Waals surface area contributed by atoms with Gasteiger partial charge in [-0.1, -0.05) is 134 Å². The number of ether oxygens (including phenoxy) is 2. The van der Waals surface area contributed by atoms with Gasteiger partial charge in [0.1, 0.15) is 6.61 Å². The molecule has 0 aliphatic rings. The van der Waals surface area contributed by atoms with Crippen molar-refractivity contribution in [2.24, 2.45) is 5.92 Å². The summed E-state index contributed by atoms with van der Waals surface area (Å²) in [6.45, 7) is 6.20. The molecule has 0 aliphatic heterocycles. The van der Waals surface area contributed by atoms with E-state index >= 15 is 0 Å². The fraction of sp³-hybridized carbons (Fsp3) is 0.778.